The Morgan fingerprint density at radius 1 is 1.42 bits per heavy atom. The molecule has 8 heteroatoms. The molecule has 1 saturated heterocycles. The molecule has 1 aliphatic heterocycles. The van der Waals surface area contributed by atoms with Gasteiger partial charge in [0.05, 0.1) is 0 Å². The van der Waals surface area contributed by atoms with Crippen molar-refractivity contribution < 1.29 is 38.3 Å². The molecule has 12 heavy (non-hydrogen) atoms. The van der Waals surface area contributed by atoms with E-state index in [4.69, 9.17) is 17.5 Å². The minimum absolute atomic E-state index is 0.153. The van der Waals surface area contributed by atoms with Crippen LogP contribution in [0.2, 0.25) is 0 Å². The fourth-order valence-electron chi connectivity index (χ4n) is 0.603. The summed E-state index contributed by atoms with van der Waals surface area (Å²) in [7, 11) is -4.67. The zero-order chi connectivity index (χ0) is 9.78. The van der Waals surface area contributed by atoms with Gasteiger partial charge in [-0.1, -0.05) is 0 Å². The molecule has 0 saturated carbocycles. The smallest absolute Gasteiger partial charge is 0.264 e. The molecule has 1 fully saturated rings. The second kappa shape index (κ2) is 4.77. The molecule has 0 aromatic carbocycles. The molecule has 0 unspecified atom stereocenters. The molecule has 0 aromatic heterocycles. The van der Waals surface area contributed by atoms with Crippen molar-refractivity contribution in [2.75, 3.05) is 6.54 Å². The van der Waals surface area contributed by atoms with Gasteiger partial charge >= 0.3 is 60.4 Å². The van der Waals surface area contributed by atoms with Crippen LogP contribution in [-0.4, -0.2) is 33.9 Å². The molecule has 0 bridgehead atoms. The predicted molar refractivity (Wildman–Crippen MR) is 35.1 cm³/mol. The van der Waals surface area contributed by atoms with Crippen LogP contribution in [0.1, 0.15) is 12.8 Å². The van der Waals surface area contributed by atoms with Crippen LogP contribution in [-0.2, 0) is 31.1 Å². The first-order chi connectivity index (χ1) is 5.30. The predicted octanol–water partition coefficient (Wildman–Crippen LogP) is -0.582. The summed E-state index contributed by atoms with van der Waals surface area (Å²) in [5.41, 5.74) is 0. The number of carbonyl (C=O) groups excluding carboxylic acids is 1. The molecule has 1 heterocycles. The van der Waals surface area contributed by atoms with Gasteiger partial charge in [0.2, 0.25) is 0 Å². The quantitative estimate of drug-likeness (QED) is 0.553. The Morgan fingerprint density at radius 3 is 1.92 bits per heavy atom. The first kappa shape index (κ1) is 11.8. The van der Waals surface area contributed by atoms with Crippen molar-refractivity contribution in [2.45, 2.75) is 12.8 Å². The second-order valence-electron chi connectivity index (χ2n) is 2.01. The van der Waals surface area contributed by atoms with Gasteiger partial charge in [0.15, 0.2) is 0 Å². The van der Waals surface area contributed by atoms with E-state index in [2.05, 4.69) is 16.0 Å². The van der Waals surface area contributed by atoms with Crippen LogP contribution in [0.25, 0.3) is 0 Å². The largest absolute Gasteiger partial charge is 0.394 e. The minimum atomic E-state index is -4.67. The van der Waals surface area contributed by atoms with Gasteiger partial charge in [-0.05, 0) is 0 Å². The molecule has 1 aliphatic rings. The summed E-state index contributed by atoms with van der Waals surface area (Å²) >= 11 is 3.92. The average molecular weight is 241 g/mol. The Labute approximate surface area is 78.3 Å². The van der Waals surface area contributed by atoms with Crippen LogP contribution >= 0.6 is 0 Å². The minimum Gasteiger partial charge on any atom is -0.264 e. The normalized spacial score (nSPS) is 17.3. The Hall–Kier alpha value is -0.154. The maximum atomic E-state index is 10.4. The Bertz CT molecular complexity index is 242. The van der Waals surface area contributed by atoms with Crippen LogP contribution in [0, 0.1) is 0 Å². The third kappa shape index (κ3) is 7.95. The fraction of sp³-hybridized carbons (Fsp3) is 0.750. The number of nitrogens with zero attached hydrogens (tertiary/aromatic N) is 1. The number of hydrogen-bond donors (Lipinski definition) is 2. The molecular formula is C4H8CoNO5S. The Balaban J connectivity index is 0.000000217. The third-order valence-electron chi connectivity index (χ3n) is 0.995. The van der Waals surface area contributed by atoms with Crippen LogP contribution in [0.3, 0.4) is 0 Å². The van der Waals surface area contributed by atoms with Crippen LogP contribution in [0.15, 0.2) is 0 Å². The number of carbonyl (C=O) groups is 1. The maximum Gasteiger partial charge on any atom is 0.394 e. The standard InChI is InChI=1S/C4H7NO.Co.H2O4S/c6-4-2-1-3-5-4;;1-5(2,3)4/h1-3H2,(H,5,6);;(H2,1,2,3,4)/q;+1;/p-1. The summed E-state index contributed by atoms with van der Waals surface area (Å²) in [5, 5.41) is 0. The van der Waals surface area contributed by atoms with E-state index in [0.29, 0.717) is 6.42 Å². The van der Waals surface area contributed by atoms with Gasteiger partial charge in [0, 0.05) is 0 Å². The monoisotopic (exact) mass is 241 g/mol. The van der Waals surface area contributed by atoms with Gasteiger partial charge in [-0.15, -0.1) is 0 Å². The van der Waals surface area contributed by atoms with Gasteiger partial charge in [-0.3, -0.25) is 9.11 Å². The van der Waals surface area contributed by atoms with Crippen molar-refractivity contribution in [1.82, 2.24) is 3.95 Å². The molecule has 74 valence electrons. The van der Waals surface area contributed by atoms with Crippen molar-refractivity contribution in [3.63, 3.8) is 0 Å². The van der Waals surface area contributed by atoms with Crippen LogP contribution in [0.4, 0.5) is 0 Å². The van der Waals surface area contributed by atoms with Gasteiger partial charge in [-0.25, -0.2) is 0 Å². The molecule has 0 radical (unpaired) electrons. The molecule has 0 atom stereocenters. The van der Waals surface area contributed by atoms with Gasteiger partial charge in [-0.2, -0.15) is 8.42 Å². The van der Waals surface area contributed by atoms with E-state index in [1.54, 1.807) is 0 Å². The van der Waals surface area contributed by atoms with E-state index in [-0.39, 0.29) is 5.91 Å². The topological polar surface area (TPSA) is 94.9 Å². The van der Waals surface area contributed by atoms with E-state index in [1.807, 2.05) is 0 Å². The third-order valence-corrected chi connectivity index (χ3v) is 1.49. The van der Waals surface area contributed by atoms with E-state index in [9.17, 15) is 4.79 Å². The van der Waals surface area contributed by atoms with Gasteiger partial charge < -0.3 is 0 Å². The van der Waals surface area contributed by atoms with Crippen molar-refractivity contribution in [3.05, 3.63) is 0 Å². The molecule has 1 amide bonds. The molecule has 1 rings (SSSR count). The maximum absolute atomic E-state index is 10.4. The summed E-state index contributed by atoms with van der Waals surface area (Å²) in [6, 6.07) is 0. The van der Waals surface area contributed by atoms with E-state index >= 15 is 0 Å². The van der Waals surface area contributed by atoms with Crippen molar-refractivity contribution in [3.8, 4) is 0 Å². The zero-order valence-electron chi connectivity index (χ0n) is 5.93. The zero-order valence-corrected chi connectivity index (χ0v) is 7.79. The van der Waals surface area contributed by atoms with Crippen LogP contribution in [0.5, 0.6) is 0 Å². The Morgan fingerprint density at radius 2 is 1.83 bits per heavy atom. The van der Waals surface area contributed by atoms with E-state index in [1.165, 1.54) is 3.95 Å². The number of amides is 1. The molecule has 0 aromatic rings. The number of rotatable bonds is 0. The van der Waals surface area contributed by atoms with Gasteiger partial charge in [0.1, 0.15) is 0 Å². The summed E-state index contributed by atoms with van der Waals surface area (Å²) in [6.45, 7) is 0.818. The first-order valence-electron chi connectivity index (χ1n) is 2.95. The molecule has 6 nitrogen and oxygen atoms in total. The van der Waals surface area contributed by atoms with Crippen molar-refractivity contribution >= 4 is 16.3 Å². The summed E-state index contributed by atoms with van der Waals surface area (Å²) in [6.07, 6.45) is 1.66. The molecular weight excluding hydrogens is 233 g/mol. The van der Waals surface area contributed by atoms with Crippen molar-refractivity contribution in [2.24, 2.45) is 0 Å². The fourth-order valence-corrected chi connectivity index (χ4v) is 0.884. The molecule has 0 spiro atoms. The summed E-state index contributed by atoms with van der Waals surface area (Å²) in [5.74, 6) is 0.153. The second-order valence-corrected chi connectivity index (χ2v) is 3.46. The number of hydrogen-bond acceptors (Lipinski definition) is 3. The van der Waals surface area contributed by atoms with E-state index < -0.39 is 10.4 Å². The van der Waals surface area contributed by atoms with E-state index in [0.717, 1.165) is 13.0 Å². The first-order valence-corrected chi connectivity index (χ1v) is 4.81. The average Bonchev–Trinajstić information content (AvgIpc) is 2.12. The summed E-state index contributed by atoms with van der Waals surface area (Å²) < 4.78 is 33.0. The molecule has 2 N–H and O–H groups in total. The van der Waals surface area contributed by atoms with Crippen LogP contribution < -0.4 is 0 Å². The summed E-state index contributed by atoms with van der Waals surface area (Å²) in [4.78, 5) is 10.4. The van der Waals surface area contributed by atoms with Gasteiger partial charge in [0.25, 0.3) is 0 Å². The SMILES string of the molecule is O=C1CCC[N]1[Co].O=S(=O)(O)O. The Kier molecular flexibility index (Phi) is 4.71. The van der Waals surface area contributed by atoms with Crippen molar-refractivity contribution in [1.29, 1.82) is 0 Å². The molecule has 0 aliphatic carbocycles.